The molecule has 0 aliphatic carbocycles. The van der Waals surface area contributed by atoms with Gasteiger partial charge in [0.2, 0.25) is 0 Å². The first-order valence-electron chi connectivity index (χ1n) is 7.25. The molecule has 0 saturated heterocycles. The number of nitro benzene ring substituents is 1. The number of hydrogen-bond acceptors (Lipinski definition) is 7. The van der Waals surface area contributed by atoms with Gasteiger partial charge in [0.1, 0.15) is 19.0 Å². The number of non-ortho nitro benzene ring substituents is 1. The zero-order valence-electron chi connectivity index (χ0n) is 12.8. The van der Waals surface area contributed by atoms with E-state index in [0.29, 0.717) is 30.3 Å². The van der Waals surface area contributed by atoms with E-state index in [0.717, 1.165) is 12.3 Å². The van der Waals surface area contributed by atoms with Crippen LogP contribution >= 0.6 is 0 Å². The minimum absolute atomic E-state index is 0.108. The molecule has 25 heavy (non-hydrogen) atoms. The number of nitro groups is 1. The average molecular weight is 343 g/mol. The number of fused-ring (bicyclic) bond motifs is 1. The van der Waals surface area contributed by atoms with E-state index < -0.39 is 10.8 Å². The summed E-state index contributed by atoms with van der Waals surface area (Å²) in [6, 6.07) is 8.21. The number of nitrogens with one attached hydrogen (secondary N) is 1. The minimum atomic E-state index is -0.593. The number of phenolic OH excluding ortho intramolecular Hbond substituents is 1. The number of hydrazone groups is 1. The molecule has 0 fully saturated rings. The van der Waals surface area contributed by atoms with Crippen LogP contribution in [-0.4, -0.2) is 35.4 Å². The summed E-state index contributed by atoms with van der Waals surface area (Å²) in [5.74, 6) is 0.341. The number of benzene rings is 2. The van der Waals surface area contributed by atoms with Gasteiger partial charge in [-0.15, -0.1) is 0 Å². The summed E-state index contributed by atoms with van der Waals surface area (Å²) in [5.41, 5.74) is 2.50. The molecule has 128 valence electrons. The zero-order valence-corrected chi connectivity index (χ0v) is 12.8. The number of rotatable bonds is 4. The molecule has 0 spiro atoms. The van der Waals surface area contributed by atoms with Gasteiger partial charge in [-0.05, 0) is 24.3 Å². The highest BCUT2D eigenvalue weighted by atomic mass is 16.6. The molecule has 0 bridgehead atoms. The Labute approximate surface area is 141 Å². The van der Waals surface area contributed by atoms with Gasteiger partial charge in [-0.25, -0.2) is 5.43 Å². The lowest BCUT2D eigenvalue weighted by molar-refractivity contribution is -0.384. The van der Waals surface area contributed by atoms with E-state index >= 15 is 0 Å². The number of phenols is 1. The Morgan fingerprint density at radius 2 is 1.96 bits per heavy atom. The summed E-state index contributed by atoms with van der Waals surface area (Å²) in [6.45, 7) is 0.859. The number of hydrogen-bond donors (Lipinski definition) is 2. The van der Waals surface area contributed by atoms with E-state index in [1.165, 1.54) is 18.2 Å². The van der Waals surface area contributed by atoms with Crippen molar-refractivity contribution in [1.29, 1.82) is 0 Å². The largest absolute Gasteiger partial charge is 0.507 e. The van der Waals surface area contributed by atoms with Crippen molar-refractivity contribution in [2.75, 3.05) is 13.2 Å². The molecule has 2 N–H and O–H groups in total. The Kier molecular flexibility index (Phi) is 4.46. The van der Waals surface area contributed by atoms with Gasteiger partial charge in [0.05, 0.1) is 11.1 Å². The predicted molar refractivity (Wildman–Crippen MR) is 87.3 cm³/mol. The fourth-order valence-electron chi connectivity index (χ4n) is 2.17. The molecule has 0 aromatic heterocycles. The fraction of sp³-hybridized carbons (Fsp3) is 0.125. The van der Waals surface area contributed by atoms with Crippen molar-refractivity contribution < 1.29 is 24.3 Å². The maximum Gasteiger partial charge on any atom is 0.271 e. The maximum atomic E-state index is 12.1. The number of carbonyl (C=O) groups is 1. The Hall–Kier alpha value is -3.62. The van der Waals surface area contributed by atoms with Crippen molar-refractivity contribution >= 4 is 17.8 Å². The first-order chi connectivity index (χ1) is 12.0. The lowest BCUT2D eigenvalue weighted by atomic mass is 10.2. The van der Waals surface area contributed by atoms with Crippen LogP contribution in [0.1, 0.15) is 15.9 Å². The molecule has 0 radical (unpaired) electrons. The van der Waals surface area contributed by atoms with Gasteiger partial charge in [-0.3, -0.25) is 14.9 Å². The molecule has 1 aliphatic heterocycles. The second-order valence-electron chi connectivity index (χ2n) is 5.06. The van der Waals surface area contributed by atoms with E-state index in [9.17, 15) is 20.0 Å². The molecule has 2 aromatic rings. The topological polar surface area (TPSA) is 123 Å². The second-order valence-corrected chi connectivity index (χ2v) is 5.06. The third kappa shape index (κ3) is 3.66. The molecular weight excluding hydrogens is 330 g/mol. The first kappa shape index (κ1) is 16.2. The molecule has 1 aliphatic rings. The Balaban J connectivity index is 1.71. The summed E-state index contributed by atoms with van der Waals surface area (Å²) in [4.78, 5) is 22.2. The number of aromatic hydroxyl groups is 1. The Bertz CT molecular complexity index is 865. The van der Waals surface area contributed by atoms with Crippen LogP contribution in [0.2, 0.25) is 0 Å². The minimum Gasteiger partial charge on any atom is -0.507 e. The van der Waals surface area contributed by atoms with Crippen LogP contribution in [0.4, 0.5) is 5.69 Å². The van der Waals surface area contributed by atoms with Crippen LogP contribution in [0, 0.1) is 10.1 Å². The molecule has 1 heterocycles. The van der Waals surface area contributed by atoms with Crippen molar-refractivity contribution in [3.8, 4) is 17.2 Å². The molecular formula is C16H13N3O6. The van der Waals surface area contributed by atoms with E-state index in [1.807, 2.05) is 0 Å². The van der Waals surface area contributed by atoms with E-state index in [1.54, 1.807) is 12.1 Å². The second kappa shape index (κ2) is 6.87. The van der Waals surface area contributed by atoms with E-state index in [4.69, 9.17) is 9.47 Å². The highest BCUT2D eigenvalue weighted by Gasteiger charge is 2.14. The quantitative estimate of drug-likeness (QED) is 0.496. The molecule has 3 rings (SSSR count). The van der Waals surface area contributed by atoms with Crippen molar-refractivity contribution in [3.63, 3.8) is 0 Å². The summed E-state index contributed by atoms with van der Waals surface area (Å²) < 4.78 is 10.8. The van der Waals surface area contributed by atoms with Crippen molar-refractivity contribution in [2.45, 2.75) is 0 Å². The molecule has 0 saturated carbocycles. The molecule has 2 aromatic carbocycles. The first-order valence-corrected chi connectivity index (χ1v) is 7.25. The van der Waals surface area contributed by atoms with Crippen LogP contribution in [0.3, 0.4) is 0 Å². The van der Waals surface area contributed by atoms with Gasteiger partial charge < -0.3 is 14.6 Å². The van der Waals surface area contributed by atoms with E-state index in [2.05, 4.69) is 10.5 Å². The molecule has 0 unspecified atom stereocenters. The number of amides is 1. The highest BCUT2D eigenvalue weighted by Crippen LogP contribution is 2.30. The lowest BCUT2D eigenvalue weighted by Gasteiger charge is -2.18. The third-order valence-electron chi connectivity index (χ3n) is 3.40. The lowest BCUT2D eigenvalue weighted by Crippen LogP contribution is -2.19. The van der Waals surface area contributed by atoms with Crippen molar-refractivity contribution in [3.05, 3.63) is 57.6 Å². The standard InChI is InChI=1S/C16H13N3O6/c20-13-3-2-12(19(22)23)7-11(13)9-17-18-16(21)10-1-4-14-15(8-10)25-6-5-24-14/h1-4,7-9,20H,5-6H2,(H,18,21). The SMILES string of the molecule is O=C(NN=Cc1cc([N+](=O)[O-])ccc1O)c1ccc2c(c1)OCCO2. The monoisotopic (exact) mass is 343 g/mol. The predicted octanol–water partition coefficient (Wildman–Crippen LogP) is 1.84. The smallest absolute Gasteiger partial charge is 0.271 e. The maximum absolute atomic E-state index is 12.1. The van der Waals surface area contributed by atoms with Crippen molar-refractivity contribution in [2.24, 2.45) is 5.10 Å². The molecule has 1 amide bonds. The molecule has 9 heteroatoms. The highest BCUT2D eigenvalue weighted by molar-refractivity contribution is 5.95. The van der Waals surface area contributed by atoms with Crippen LogP contribution < -0.4 is 14.9 Å². The summed E-state index contributed by atoms with van der Waals surface area (Å²) in [5, 5.41) is 24.1. The van der Waals surface area contributed by atoms with Gasteiger partial charge >= 0.3 is 0 Å². The fourth-order valence-corrected chi connectivity index (χ4v) is 2.17. The number of ether oxygens (including phenoxy) is 2. The normalized spacial score (nSPS) is 12.8. The van der Waals surface area contributed by atoms with Crippen molar-refractivity contribution in [1.82, 2.24) is 5.43 Å². The van der Waals surface area contributed by atoms with Gasteiger partial charge in [0.25, 0.3) is 11.6 Å². The van der Waals surface area contributed by atoms with Crippen LogP contribution in [0.15, 0.2) is 41.5 Å². The summed E-state index contributed by atoms with van der Waals surface area (Å²) in [7, 11) is 0. The van der Waals surface area contributed by atoms with E-state index in [-0.39, 0.29) is 17.0 Å². The summed E-state index contributed by atoms with van der Waals surface area (Å²) >= 11 is 0. The molecule has 0 atom stereocenters. The van der Waals surface area contributed by atoms with Crippen LogP contribution in [-0.2, 0) is 0 Å². The van der Waals surface area contributed by atoms with Crippen LogP contribution in [0.25, 0.3) is 0 Å². The van der Waals surface area contributed by atoms with Gasteiger partial charge in [-0.2, -0.15) is 5.10 Å². The summed E-state index contributed by atoms with van der Waals surface area (Å²) in [6.07, 6.45) is 1.12. The zero-order chi connectivity index (χ0) is 17.8. The van der Waals surface area contributed by atoms with Gasteiger partial charge in [0.15, 0.2) is 11.5 Å². The Morgan fingerprint density at radius 3 is 2.72 bits per heavy atom. The molecule has 9 nitrogen and oxygen atoms in total. The van der Waals surface area contributed by atoms with Gasteiger partial charge in [0, 0.05) is 23.3 Å². The average Bonchev–Trinajstić information content (AvgIpc) is 2.62. The number of nitrogens with zero attached hydrogens (tertiary/aromatic N) is 2. The number of carbonyl (C=O) groups excluding carboxylic acids is 1. The van der Waals surface area contributed by atoms with Gasteiger partial charge in [-0.1, -0.05) is 0 Å². The third-order valence-corrected chi connectivity index (χ3v) is 3.40. The van der Waals surface area contributed by atoms with Crippen LogP contribution in [0.5, 0.6) is 17.2 Å². The Morgan fingerprint density at radius 1 is 1.20 bits per heavy atom.